The fraction of sp³-hybridized carbons (Fsp3) is 0.571. The molecule has 0 spiro atoms. The first kappa shape index (κ1) is 14.7. The van der Waals surface area contributed by atoms with E-state index in [0.717, 1.165) is 6.42 Å². The number of carbonyl (C=O) groups is 2. The van der Waals surface area contributed by atoms with E-state index in [0.29, 0.717) is 19.4 Å². The lowest BCUT2D eigenvalue weighted by Crippen LogP contribution is -2.41. The van der Waals surface area contributed by atoms with Crippen LogP contribution in [0.4, 0.5) is 0 Å². The number of nitrogens with zero attached hydrogens (tertiary/aromatic N) is 1. The Labute approximate surface area is 132 Å². The minimum Gasteiger partial charge on any atom is -0.464 e. The maximum Gasteiger partial charge on any atom is 0.328 e. The van der Waals surface area contributed by atoms with Gasteiger partial charge >= 0.3 is 5.97 Å². The molecule has 0 aromatic carbocycles. The van der Waals surface area contributed by atoms with Gasteiger partial charge in [0.2, 0.25) is 0 Å². The molecular formula is C14H15Cl2NO4. The molecule has 0 radical (unpaired) electrons. The van der Waals surface area contributed by atoms with E-state index in [2.05, 4.69) is 0 Å². The van der Waals surface area contributed by atoms with Crippen molar-refractivity contribution in [1.29, 1.82) is 0 Å². The lowest BCUT2D eigenvalue weighted by atomic mass is 10.2. The summed E-state index contributed by atoms with van der Waals surface area (Å²) < 4.78 is 9.58. The minimum atomic E-state index is -0.764. The number of hydrogen-bond donors (Lipinski definition) is 0. The molecule has 5 nitrogen and oxygen atoms in total. The molecule has 0 unspecified atom stereocenters. The molecule has 2 heterocycles. The van der Waals surface area contributed by atoms with Gasteiger partial charge in [0.15, 0.2) is 5.76 Å². The number of rotatable bonds is 4. The highest BCUT2D eigenvalue weighted by atomic mass is 35.5. The van der Waals surface area contributed by atoms with Crippen LogP contribution in [0.25, 0.3) is 0 Å². The summed E-state index contributed by atoms with van der Waals surface area (Å²) in [7, 11) is 0. The third-order valence-electron chi connectivity index (χ3n) is 3.90. The van der Waals surface area contributed by atoms with Gasteiger partial charge in [-0.2, -0.15) is 0 Å². The number of esters is 1. The fourth-order valence-electron chi connectivity index (χ4n) is 2.53. The first-order valence-corrected chi connectivity index (χ1v) is 7.63. The quantitative estimate of drug-likeness (QED) is 0.628. The van der Waals surface area contributed by atoms with Crippen LogP contribution >= 0.6 is 23.2 Å². The Hall–Kier alpha value is -1.20. The Morgan fingerprint density at radius 3 is 2.86 bits per heavy atom. The largest absolute Gasteiger partial charge is 0.464 e. The van der Waals surface area contributed by atoms with Crippen molar-refractivity contribution < 1.29 is 18.7 Å². The molecule has 2 aliphatic rings. The van der Waals surface area contributed by atoms with Gasteiger partial charge in [-0.25, -0.2) is 4.79 Å². The summed E-state index contributed by atoms with van der Waals surface area (Å²) in [6.45, 7) is 0.725. The predicted molar refractivity (Wildman–Crippen MR) is 76.3 cm³/mol. The van der Waals surface area contributed by atoms with Crippen LogP contribution in [0.15, 0.2) is 22.8 Å². The van der Waals surface area contributed by atoms with Crippen molar-refractivity contribution in [1.82, 2.24) is 4.90 Å². The highest BCUT2D eigenvalue weighted by molar-refractivity contribution is 6.50. The minimum absolute atomic E-state index is 0.0135. The standard InChI is InChI=1S/C14H15Cl2NO4/c15-14(16)7-9(14)8-21-13(19)10-3-1-5-17(10)12(18)11-4-2-6-20-11/h2,4,6,9-10H,1,3,5,7-8H2/t9-,10+/m1/s1. The van der Waals surface area contributed by atoms with Crippen molar-refractivity contribution >= 4 is 35.1 Å². The molecule has 0 bridgehead atoms. The highest BCUT2D eigenvalue weighted by Gasteiger charge is 2.52. The average molecular weight is 332 g/mol. The molecule has 0 N–H and O–H groups in total. The SMILES string of the molecule is O=C(OC[C@H]1CC1(Cl)Cl)[C@@H]1CCCN1C(=O)c1ccco1. The van der Waals surface area contributed by atoms with Gasteiger partial charge < -0.3 is 14.1 Å². The van der Waals surface area contributed by atoms with Crippen LogP contribution in [0.5, 0.6) is 0 Å². The lowest BCUT2D eigenvalue weighted by Gasteiger charge is -2.22. The molecule has 1 amide bonds. The maximum atomic E-state index is 12.3. The second-order valence-corrected chi connectivity index (χ2v) is 6.97. The van der Waals surface area contributed by atoms with E-state index in [4.69, 9.17) is 32.4 Å². The van der Waals surface area contributed by atoms with Gasteiger partial charge in [0, 0.05) is 12.5 Å². The van der Waals surface area contributed by atoms with Crippen LogP contribution in [0, 0.1) is 5.92 Å². The van der Waals surface area contributed by atoms with Gasteiger partial charge in [0.25, 0.3) is 5.91 Å². The average Bonchev–Trinajstić information content (AvgIpc) is 2.93. The van der Waals surface area contributed by atoms with Crippen LogP contribution in [0.2, 0.25) is 0 Å². The molecule has 21 heavy (non-hydrogen) atoms. The van der Waals surface area contributed by atoms with Gasteiger partial charge in [-0.1, -0.05) is 0 Å². The topological polar surface area (TPSA) is 59.8 Å². The molecule has 1 aromatic rings. The van der Waals surface area contributed by atoms with Crippen molar-refractivity contribution in [2.24, 2.45) is 5.92 Å². The second-order valence-electron chi connectivity index (χ2n) is 5.43. The molecule has 1 saturated heterocycles. The number of alkyl halides is 2. The van der Waals surface area contributed by atoms with E-state index in [-0.39, 0.29) is 24.2 Å². The summed E-state index contributed by atoms with van der Waals surface area (Å²) in [6.07, 6.45) is 3.43. The van der Waals surface area contributed by atoms with E-state index >= 15 is 0 Å². The summed E-state index contributed by atoms with van der Waals surface area (Å²) >= 11 is 11.8. The molecule has 1 aromatic heterocycles. The number of amides is 1. The van der Waals surface area contributed by atoms with E-state index in [1.165, 1.54) is 11.2 Å². The van der Waals surface area contributed by atoms with Crippen molar-refractivity contribution in [2.75, 3.05) is 13.2 Å². The van der Waals surface area contributed by atoms with Gasteiger partial charge in [0.1, 0.15) is 10.4 Å². The number of likely N-dealkylation sites (tertiary alicyclic amines) is 1. The van der Waals surface area contributed by atoms with Crippen molar-refractivity contribution in [2.45, 2.75) is 29.6 Å². The Balaban J connectivity index is 1.58. The Morgan fingerprint density at radius 1 is 1.48 bits per heavy atom. The van der Waals surface area contributed by atoms with Gasteiger partial charge in [-0.15, -0.1) is 23.2 Å². The van der Waals surface area contributed by atoms with Crippen LogP contribution in [-0.2, 0) is 9.53 Å². The van der Waals surface area contributed by atoms with Gasteiger partial charge in [-0.3, -0.25) is 4.79 Å². The number of furan rings is 1. The highest BCUT2D eigenvalue weighted by Crippen LogP contribution is 2.53. The first-order chi connectivity index (χ1) is 9.99. The number of ether oxygens (including phenoxy) is 1. The van der Waals surface area contributed by atoms with Crippen LogP contribution in [0.1, 0.15) is 29.8 Å². The monoisotopic (exact) mass is 331 g/mol. The molecule has 3 rings (SSSR count). The molecular weight excluding hydrogens is 317 g/mol. The van der Waals surface area contributed by atoms with Crippen molar-refractivity contribution in [3.05, 3.63) is 24.2 Å². The first-order valence-electron chi connectivity index (χ1n) is 6.88. The number of halogens is 2. The zero-order chi connectivity index (χ0) is 15.0. The summed E-state index contributed by atoms with van der Waals surface area (Å²) in [6, 6.07) is 2.67. The van der Waals surface area contributed by atoms with Crippen LogP contribution in [-0.4, -0.2) is 40.3 Å². The summed E-state index contributed by atoms with van der Waals surface area (Å²) in [5, 5.41) is 0. The molecule has 7 heteroatoms. The maximum absolute atomic E-state index is 12.3. The smallest absolute Gasteiger partial charge is 0.328 e. The van der Waals surface area contributed by atoms with Crippen LogP contribution < -0.4 is 0 Å². The second kappa shape index (κ2) is 5.54. The summed E-state index contributed by atoms with van der Waals surface area (Å²) in [5.74, 6) is -0.462. The van der Waals surface area contributed by atoms with Crippen molar-refractivity contribution in [3.63, 3.8) is 0 Å². The zero-order valence-corrected chi connectivity index (χ0v) is 12.8. The molecule has 114 valence electrons. The Morgan fingerprint density at radius 2 is 2.24 bits per heavy atom. The Kier molecular flexibility index (Phi) is 3.88. The Bertz CT molecular complexity index is 543. The third kappa shape index (κ3) is 3.04. The van der Waals surface area contributed by atoms with E-state index in [1.54, 1.807) is 12.1 Å². The lowest BCUT2D eigenvalue weighted by molar-refractivity contribution is -0.148. The normalized spacial score (nSPS) is 26.7. The summed E-state index contributed by atoms with van der Waals surface area (Å²) in [5.41, 5.74) is 0. The summed E-state index contributed by atoms with van der Waals surface area (Å²) in [4.78, 5) is 25.9. The molecule has 1 aliphatic heterocycles. The van der Waals surface area contributed by atoms with E-state index in [1.807, 2.05) is 0 Å². The molecule has 1 saturated carbocycles. The van der Waals surface area contributed by atoms with Crippen LogP contribution in [0.3, 0.4) is 0 Å². The number of hydrogen-bond acceptors (Lipinski definition) is 4. The van der Waals surface area contributed by atoms with E-state index < -0.39 is 16.3 Å². The fourth-order valence-corrected chi connectivity index (χ4v) is 3.02. The van der Waals surface area contributed by atoms with Gasteiger partial charge in [-0.05, 0) is 31.4 Å². The molecule has 2 atom stereocenters. The van der Waals surface area contributed by atoms with E-state index in [9.17, 15) is 9.59 Å². The zero-order valence-electron chi connectivity index (χ0n) is 11.3. The number of carbonyl (C=O) groups excluding carboxylic acids is 2. The predicted octanol–water partition coefficient (Wildman–Crippen LogP) is 2.62. The van der Waals surface area contributed by atoms with Gasteiger partial charge in [0.05, 0.1) is 12.9 Å². The molecule has 2 fully saturated rings. The van der Waals surface area contributed by atoms with Crippen molar-refractivity contribution in [3.8, 4) is 0 Å². The molecule has 1 aliphatic carbocycles. The third-order valence-corrected chi connectivity index (χ3v) is 4.83.